The van der Waals surface area contributed by atoms with Crippen LogP contribution in [0.1, 0.15) is 24.1 Å². The van der Waals surface area contributed by atoms with Crippen LogP contribution in [0.3, 0.4) is 0 Å². The average Bonchev–Trinajstić information content (AvgIpc) is 2.46. The van der Waals surface area contributed by atoms with Gasteiger partial charge in [0.25, 0.3) is 5.69 Å². The minimum atomic E-state index is -0.431. The lowest BCUT2D eigenvalue weighted by Gasteiger charge is -2.14. The van der Waals surface area contributed by atoms with Crippen molar-refractivity contribution in [3.8, 4) is 5.75 Å². The Morgan fingerprint density at radius 3 is 2.76 bits per heavy atom. The number of nitrogens with two attached hydrogens (primary N) is 1. The molecule has 0 fully saturated rings. The van der Waals surface area contributed by atoms with Gasteiger partial charge in [-0.15, -0.1) is 0 Å². The summed E-state index contributed by atoms with van der Waals surface area (Å²) in [7, 11) is 0. The molecule has 5 nitrogen and oxygen atoms in total. The first-order valence-corrected chi connectivity index (χ1v) is 6.76. The number of halogens is 1. The van der Waals surface area contributed by atoms with E-state index in [2.05, 4.69) is 0 Å². The first kappa shape index (κ1) is 15.3. The third-order valence-corrected chi connectivity index (χ3v) is 3.21. The Morgan fingerprint density at radius 1 is 1.33 bits per heavy atom. The molecule has 0 aliphatic rings. The van der Waals surface area contributed by atoms with Gasteiger partial charge in [-0.3, -0.25) is 10.1 Å². The van der Waals surface area contributed by atoms with Crippen LogP contribution < -0.4 is 10.5 Å². The summed E-state index contributed by atoms with van der Waals surface area (Å²) in [5.74, 6) is 0.626. The minimum absolute atomic E-state index is 0.0413. The predicted octanol–water partition coefficient (Wildman–Crippen LogP) is 3.85. The lowest BCUT2D eigenvalue weighted by molar-refractivity contribution is -0.384. The summed E-state index contributed by atoms with van der Waals surface area (Å²) in [5, 5.41) is 11.3. The number of hydrogen-bond donors (Lipinski definition) is 1. The molecule has 0 heterocycles. The van der Waals surface area contributed by atoms with Gasteiger partial charge in [0.15, 0.2) is 0 Å². The molecule has 0 aliphatic heterocycles. The van der Waals surface area contributed by atoms with Gasteiger partial charge in [0.05, 0.1) is 4.92 Å². The summed E-state index contributed by atoms with van der Waals surface area (Å²) in [6, 6.07) is 11.3. The Bertz CT molecular complexity index is 659. The van der Waals surface area contributed by atoms with Crippen LogP contribution >= 0.6 is 11.6 Å². The summed E-state index contributed by atoms with van der Waals surface area (Å²) in [6.07, 6.45) is 0. The van der Waals surface area contributed by atoms with Gasteiger partial charge in [-0.05, 0) is 30.7 Å². The topological polar surface area (TPSA) is 78.4 Å². The minimum Gasteiger partial charge on any atom is -0.489 e. The fourth-order valence-electron chi connectivity index (χ4n) is 1.93. The number of hydrogen-bond acceptors (Lipinski definition) is 4. The number of non-ortho nitro benzene ring substituents is 1. The number of nitro groups is 1. The molecule has 0 aromatic heterocycles. The summed E-state index contributed by atoms with van der Waals surface area (Å²) < 4.78 is 5.71. The highest BCUT2D eigenvalue weighted by atomic mass is 35.5. The molecule has 0 bridgehead atoms. The Kier molecular flexibility index (Phi) is 4.77. The fraction of sp³-hybridized carbons (Fsp3) is 0.200. The van der Waals surface area contributed by atoms with Crippen LogP contribution in [0.2, 0.25) is 5.02 Å². The van der Waals surface area contributed by atoms with E-state index in [4.69, 9.17) is 22.1 Å². The standard InChI is InChI=1S/C15H15ClN2O3/c1-10(17)14-8-12(16)5-6-15(14)21-9-11-3-2-4-13(7-11)18(19)20/h2-8,10H,9,17H2,1H3. The summed E-state index contributed by atoms with van der Waals surface area (Å²) in [4.78, 5) is 10.3. The van der Waals surface area contributed by atoms with Crippen LogP contribution in [-0.4, -0.2) is 4.92 Å². The van der Waals surface area contributed by atoms with Crippen molar-refractivity contribution >= 4 is 17.3 Å². The third kappa shape index (κ3) is 3.93. The number of ether oxygens (including phenoxy) is 1. The summed E-state index contributed by atoms with van der Waals surface area (Å²) in [6.45, 7) is 2.06. The van der Waals surface area contributed by atoms with Crippen LogP contribution in [0.15, 0.2) is 42.5 Å². The molecular weight excluding hydrogens is 292 g/mol. The normalized spacial score (nSPS) is 12.0. The molecular formula is C15H15ClN2O3. The van der Waals surface area contributed by atoms with E-state index in [1.54, 1.807) is 30.3 Å². The van der Waals surface area contributed by atoms with Gasteiger partial charge in [-0.2, -0.15) is 0 Å². The van der Waals surface area contributed by atoms with E-state index >= 15 is 0 Å². The van der Waals surface area contributed by atoms with Crippen LogP contribution in [0.25, 0.3) is 0 Å². The van der Waals surface area contributed by atoms with Gasteiger partial charge >= 0.3 is 0 Å². The molecule has 0 spiro atoms. The Hall–Kier alpha value is -2.11. The van der Waals surface area contributed by atoms with Crippen molar-refractivity contribution in [1.82, 2.24) is 0 Å². The van der Waals surface area contributed by atoms with Gasteiger partial charge in [-0.1, -0.05) is 23.7 Å². The van der Waals surface area contributed by atoms with E-state index in [1.807, 2.05) is 6.92 Å². The third-order valence-electron chi connectivity index (χ3n) is 2.98. The van der Waals surface area contributed by atoms with Gasteiger partial charge in [0, 0.05) is 28.8 Å². The first-order valence-electron chi connectivity index (χ1n) is 6.38. The number of benzene rings is 2. The van der Waals surface area contributed by atoms with Gasteiger partial charge in [0.1, 0.15) is 12.4 Å². The highest BCUT2D eigenvalue weighted by molar-refractivity contribution is 6.30. The van der Waals surface area contributed by atoms with Crippen molar-refractivity contribution in [3.05, 3.63) is 68.7 Å². The van der Waals surface area contributed by atoms with Gasteiger partial charge in [0.2, 0.25) is 0 Å². The molecule has 21 heavy (non-hydrogen) atoms. The lowest BCUT2D eigenvalue weighted by Crippen LogP contribution is -2.08. The Labute approximate surface area is 127 Å². The van der Waals surface area contributed by atoms with E-state index in [9.17, 15) is 10.1 Å². The van der Waals surface area contributed by atoms with Crippen molar-refractivity contribution in [2.75, 3.05) is 0 Å². The molecule has 0 saturated carbocycles. The zero-order valence-electron chi connectivity index (χ0n) is 11.5. The predicted molar refractivity (Wildman–Crippen MR) is 81.5 cm³/mol. The maximum absolute atomic E-state index is 10.7. The van der Waals surface area contributed by atoms with E-state index in [1.165, 1.54) is 12.1 Å². The van der Waals surface area contributed by atoms with Gasteiger partial charge in [-0.25, -0.2) is 0 Å². The second kappa shape index (κ2) is 6.56. The summed E-state index contributed by atoms with van der Waals surface area (Å²) >= 11 is 5.95. The molecule has 110 valence electrons. The van der Waals surface area contributed by atoms with Crippen molar-refractivity contribution in [3.63, 3.8) is 0 Å². The largest absolute Gasteiger partial charge is 0.489 e. The molecule has 2 aromatic rings. The zero-order chi connectivity index (χ0) is 15.4. The fourth-order valence-corrected chi connectivity index (χ4v) is 2.11. The molecule has 1 unspecified atom stereocenters. The molecule has 0 amide bonds. The first-order chi connectivity index (χ1) is 9.97. The summed E-state index contributed by atoms with van der Waals surface area (Å²) in [5.41, 5.74) is 7.45. The second-order valence-corrected chi connectivity index (χ2v) is 5.12. The highest BCUT2D eigenvalue weighted by Gasteiger charge is 2.10. The number of rotatable bonds is 5. The Balaban J connectivity index is 2.16. The SMILES string of the molecule is CC(N)c1cc(Cl)ccc1OCc1cccc([N+](=O)[O-])c1. The average molecular weight is 307 g/mol. The maximum Gasteiger partial charge on any atom is 0.269 e. The molecule has 2 rings (SSSR count). The van der Waals surface area contributed by atoms with E-state index < -0.39 is 4.92 Å². The van der Waals surface area contributed by atoms with Gasteiger partial charge < -0.3 is 10.5 Å². The van der Waals surface area contributed by atoms with E-state index in [0.717, 1.165) is 11.1 Å². The lowest BCUT2D eigenvalue weighted by atomic mass is 10.1. The second-order valence-electron chi connectivity index (χ2n) is 4.69. The van der Waals surface area contributed by atoms with E-state index in [-0.39, 0.29) is 18.3 Å². The highest BCUT2D eigenvalue weighted by Crippen LogP contribution is 2.28. The Morgan fingerprint density at radius 2 is 2.10 bits per heavy atom. The molecule has 2 N–H and O–H groups in total. The van der Waals surface area contributed by atoms with Crippen LogP contribution in [0.5, 0.6) is 5.75 Å². The van der Waals surface area contributed by atoms with Crippen molar-refractivity contribution < 1.29 is 9.66 Å². The van der Waals surface area contributed by atoms with Crippen molar-refractivity contribution in [2.45, 2.75) is 19.6 Å². The van der Waals surface area contributed by atoms with E-state index in [0.29, 0.717) is 10.8 Å². The monoisotopic (exact) mass is 306 g/mol. The molecule has 1 atom stereocenters. The quantitative estimate of drug-likeness (QED) is 0.672. The van der Waals surface area contributed by atoms with Crippen LogP contribution in [0.4, 0.5) is 5.69 Å². The molecule has 0 saturated heterocycles. The van der Waals surface area contributed by atoms with Crippen LogP contribution in [-0.2, 0) is 6.61 Å². The van der Waals surface area contributed by atoms with Crippen molar-refractivity contribution in [1.29, 1.82) is 0 Å². The number of nitrogens with zero attached hydrogens (tertiary/aromatic N) is 1. The molecule has 2 aromatic carbocycles. The van der Waals surface area contributed by atoms with Crippen molar-refractivity contribution in [2.24, 2.45) is 5.73 Å². The molecule has 0 aliphatic carbocycles. The number of nitro benzene ring substituents is 1. The zero-order valence-corrected chi connectivity index (χ0v) is 12.2. The molecule has 0 radical (unpaired) electrons. The maximum atomic E-state index is 10.7. The smallest absolute Gasteiger partial charge is 0.269 e. The molecule has 6 heteroatoms. The van der Waals surface area contributed by atoms with Crippen LogP contribution in [0, 0.1) is 10.1 Å².